The first kappa shape index (κ1) is 28.9. The van der Waals surface area contributed by atoms with Crippen LogP contribution >= 0.6 is 0 Å². The predicted molar refractivity (Wildman–Crippen MR) is 136 cm³/mol. The van der Waals surface area contributed by atoms with Crippen molar-refractivity contribution in [3.8, 4) is 11.5 Å². The summed E-state index contributed by atoms with van der Waals surface area (Å²) in [7, 11) is -1.02. The van der Waals surface area contributed by atoms with E-state index in [4.69, 9.17) is 9.47 Å². The monoisotopic (exact) mass is 523 g/mol. The molecule has 1 N–H and O–H groups in total. The second-order valence-electron chi connectivity index (χ2n) is 8.17. The van der Waals surface area contributed by atoms with Gasteiger partial charge in [0.1, 0.15) is 18.4 Å². The van der Waals surface area contributed by atoms with Gasteiger partial charge in [0, 0.05) is 19.2 Å². The first-order valence-electron chi connectivity index (χ1n) is 11.6. The molecule has 0 aliphatic carbocycles. The molecule has 0 radical (unpaired) electrons. The van der Waals surface area contributed by atoms with Crippen LogP contribution in [0, 0.1) is 5.82 Å². The fourth-order valence-electron chi connectivity index (χ4n) is 3.67. The summed E-state index contributed by atoms with van der Waals surface area (Å²) >= 11 is 0. The highest BCUT2D eigenvalue weighted by atomic mass is 32.2. The number of hydrogen-bond donors (Lipinski definition) is 1. The summed E-state index contributed by atoms with van der Waals surface area (Å²) in [5.41, 5.74) is 0.803. The minimum atomic E-state index is -3.90. The van der Waals surface area contributed by atoms with Crippen LogP contribution in [0.5, 0.6) is 11.5 Å². The number of rotatable bonds is 13. The van der Waals surface area contributed by atoms with Crippen LogP contribution in [0.4, 0.5) is 10.1 Å². The van der Waals surface area contributed by atoms with E-state index in [-0.39, 0.29) is 18.1 Å². The number of anilines is 1. The number of hydrogen-bond acceptors (Lipinski definition) is 6. The third kappa shape index (κ3) is 7.58. The molecule has 2 amide bonds. The summed E-state index contributed by atoms with van der Waals surface area (Å²) in [5, 5.41) is 2.80. The van der Waals surface area contributed by atoms with Gasteiger partial charge in [-0.2, -0.15) is 0 Å². The number of nitrogens with one attached hydrogen (secondary N) is 1. The van der Waals surface area contributed by atoms with Crippen LogP contribution in [0.15, 0.2) is 42.5 Å². The summed E-state index contributed by atoms with van der Waals surface area (Å²) in [5.74, 6) is -0.659. The van der Waals surface area contributed by atoms with Crippen molar-refractivity contribution in [3.05, 3.63) is 53.8 Å². The number of carbonyl (C=O) groups excluding carboxylic acids is 2. The molecule has 0 fully saturated rings. The molecular formula is C25H34FN3O6S. The van der Waals surface area contributed by atoms with Gasteiger partial charge >= 0.3 is 0 Å². The van der Waals surface area contributed by atoms with Crippen molar-refractivity contribution in [2.75, 3.05) is 37.9 Å². The number of sulfonamides is 1. The van der Waals surface area contributed by atoms with Crippen molar-refractivity contribution in [3.63, 3.8) is 0 Å². The minimum Gasteiger partial charge on any atom is -0.493 e. The zero-order chi connectivity index (χ0) is 26.9. The lowest BCUT2D eigenvalue weighted by molar-refractivity contribution is -0.140. The van der Waals surface area contributed by atoms with E-state index in [1.807, 2.05) is 6.92 Å². The number of methoxy groups -OCH3 is 2. The Hall–Kier alpha value is -3.34. The number of halogens is 1. The highest BCUT2D eigenvalue weighted by molar-refractivity contribution is 7.92. The first-order chi connectivity index (χ1) is 17.0. The highest BCUT2D eigenvalue weighted by Crippen LogP contribution is 2.32. The third-order valence-corrected chi connectivity index (χ3v) is 6.68. The molecule has 0 bridgehead atoms. The lowest BCUT2D eigenvalue weighted by Crippen LogP contribution is -2.52. The predicted octanol–water partition coefficient (Wildman–Crippen LogP) is 2.94. The van der Waals surface area contributed by atoms with E-state index in [9.17, 15) is 22.4 Å². The molecule has 0 aliphatic rings. The molecular weight excluding hydrogens is 489 g/mol. The molecule has 0 heterocycles. The van der Waals surface area contributed by atoms with Crippen LogP contribution in [-0.4, -0.2) is 64.7 Å². The molecule has 2 aromatic carbocycles. The molecule has 2 aromatic rings. The molecule has 1 atom stereocenters. The van der Waals surface area contributed by atoms with E-state index >= 15 is 0 Å². The average molecular weight is 524 g/mol. The summed E-state index contributed by atoms with van der Waals surface area (Å²) in [4.78, 5) is 27.8. The molecule has 0 saturated heterocycles. The zero-order valence-corrected chi connectivity index (χ0v) is 22.1. The number of amides is 2. The van der Waals surface area contributed by atoms with Gasteiger partial charge in [0.2, 0.25) is 21.8 Å². The van der Waals surface area contributed by atoms with Crippen LogP contribution < -0.4 is 19.1 Å². The van der Waals surface area contributed by atoms with Crippen LogP contribution in [-0.2, 0) is 26.2 Å². The Morgan fingerprint density at radius 3 is 2.19 bits per heavy atom. The Labute approximate surface area is 212 Å². The number of carbonyl (C=O) groups is 2. The van der Waals surface area contributed by atoms with Gasteiger partial charge in [-0.25, -0.2) is 12.8 Å². The smallest absolute Gasteiger partial charge is 0.244 e. The molecule has 2 rings (SSSR count). The second kappa shape index (κ2) is 13.1. The Bertz CT molecular complexity index is 1140. The summed E-state index contributed by atoms with van der Waals surface area (Å²) in [6, 6.07) is 9.24. The summed E-state index contributed by atoms with van der Waals surface area (Å²) < 4.78 is 50.3. The Kier molecular flexibility index (Phi) is 10.5. The molecule has 0 aromatic heterocycles. The number of nitrogens with zero attached hydrogens (tertiary/aromatic N) is 2. The van der Waals surface area contributed by atoms with E-state index in [1.54, 1.807) is 13.0 Å². The van der Waals surface area contributed by atoms with Crippen LogP contribution in [0.1, 0.15) is 32.3 Å². The van der Waals surface area contributed by atoms with Gasteiger partial charge in [0.05, 0.1) is 26.2 Å². The number of benzene rings is 2. The van der Waals surface area contributed by atoms with Gasteiger partial charge in [-0.15, -0.1) is 0 Å². The fraction of sp³-hybridized carbons (Fsp3) is 0.440. The van der Waals surface area contributed by atoms with Gasteiger partial charge < -0.3 is 19.7 Å². The van der Waals surface area contributed by atoms with Gasteiger partial charge in [0.25, 0.3) is 0 Å². The topological polar surface area (TPSA) is 105 Å². The molecule has 36 heavy (non-hydrogen) atoms. The van der Waals surface area contributed by atoms with E-state index in [0.29, 0.717) is 30.0 Å². The SMILES string of the molecule is CCCNC(=O)[C@H](CC)N(Cc1ccc(F)cc1)C(=O)CN(c1ccc(OC)c(OC)c1)S(C)(=O)=O. The quantitative estimate of drug-likeness (QED) is 0.433. The van der Waals surface area contributed by atoms with Crippen LogP contribution in [0.2, 0.25) is 0 Å². The Morgan fingerprint density at radius 2 is 1.67 bits per heavy atom. The Morgan fingerprint density at radius 1 is 1.03 bits per heavy atom. The van der Waals surface area contributed by atoms with Crippen molar-refractivity contribution in [1.82, 2.24) is 10.2 Å². The molecule has 9 nitrogen and oxygen atoms in total. The molecule has 198 valence electrons. The van der Waals surface area contributed by atoms with E-state index in [0.717, 1.165) is 17.0 Å². The van der Waals surface area contributed by atoms with Crippen molar-refractivity contribution in [2.24, 2.45) is 0 Å². The van der Waals surface area contributed by atoms with Gasteiger partial charge in [-0.1, -0.05) is 26.0 Å². The maximum absolute atomic E-state index is 13.6. The second-order valence-corrected chi connectivity index (χ2v) is 10.1. The average Bonchev–Trinajstić information content (AvgIpc) is 2.85. The molecule has 0 spiro atoms. The van der Waals surface area contributed by atoms with E-state index in [1.165, 1.54) is 55.5 Å². The third-order valence-electron chi connectivity index (χ3n) is 5.54. The lowest BCUT2D eigenvalue weighted by atomic mass is 10.1. The minimum absolute atomic E-state index is 0.000695. The standard InChI is InChI=1S/C25H34FN3O6S/c1-6-14-27-25(31)21(7-2)28(16-18-8-10-19(26)11-9-18)24(30)17-29(36(5,32)33)20-12-13-22(34-3)23(15-20)35-4/h8-13,15,21H,6-7,14,16-17H2,1-5H3,(H,27,31)/t21-/m0/s1. The summed E-state index contributed by atoms with van der Waals surface area (Å²) in [6.45, 7) is 3.57. The van der Waals surface area contributed by atoms with Gasteiger partial charge in [-0.05, 0) is 42.7 Å². The van der Waals surface area contributed by atoms with Crippen molar-refractivity contribution in [2.45, 2.75) is 39.3 Å². The largest absolute Gasteiger partial charge is 0.493 e. The number of ether oxygens (including phenoxy) is 2. The van der Waals surface area contributed by atoms with Crippen molar-refractivity contribution in [1.29, 1.82) is 0 Å². The van der Waals surface area contributed by atoms with Crippen LogP contribution in [0.3, 0.4) is 0 Å². The van der Waals surface area contributed by atoms with Crippen LogP contribution in [0.25, 0.3) is 0 Å². The van der Waals surface area contributed by atoms with Gasteiger partial charge in [-0.3, -0.25) is 13.9 Å². The molecule has 0 unspecified atom stereocenters. The van der Waals surface area contributed by atoms with E-state index in [2.05, 4.69) is 5.32 Å². The fourth-order valence-corrected chi connectivity index (χ4v) is 4.51. The lowest BCUT2D eigenvalue weighted by Gasteiger charge is -2.33. The first-order valence-corrected chi connectivity index (χ1v) is 13.4. The maximum atomic E-state index is 13.6. The highest BCUT2D eigenvalue weighted by Gasteiger charge is 2.32. The Balaban J connectivity index is 2.46. The normalized spacial score (nSPS) is 11.9. The van der Waals surface area contributed by atoms with Crippen molar-refractivity contribution < 1.29 is 31.9 Å². The summed E-state index contributed by atoms with van der Waals surface area (Å²) in [6.07, 6.45) is 2.01. The molecule has 11 heteroatoms. The zero-order valence-electron chi connectivity index (χ0n) is 21.3. The van der Waals surface area contributed by atoms with Crippen molar-refractivity contribution >= 4 is 27.5 Å². The van der Waals surface area contributed by atoms with E-state index < -0.39 is 34.3 Å². The molecule has 0 aliphatic heterocycles. The van der Waals surface area contributed by atoms with Gasteiger partial charge in [0.15, 0.2) is 11.5 Å². The maximum Gasteiger partial charge on any atom is 0.244 e. The molecule has 0 saturated carbocycles.